The van der Waals surface area contributed by atoms with Gasteiger partial charge in [0, 0.05) is 31.3 Å². The first-order valence-electron chi connectivity index (χ1n) is 14.0. The molecule has 0 spiro atoms. The molecule has 0 radical (unpaired) electrons. The van der Waals surface area contributed by atoms with Gasteiger partial charge in [0.25, 0.3) is 11.5 Å². The van der Waals surface area contributed by atoms with Gasteiger partial charge in [-0.1, -0.05) is 18.2 Å². The quantitative estimate of drug-likeness (QED) is 0.347. The largest absolute Gasteiger partial charge is 0.480 e. The van der Waals surface area contributed by atoms with E-state index in [1.807, 2.05) is 0 Å². The van der Waals surface area contributed by atoms with E-state index in [-0.39, 0.29) is 30.7 Å². The summed E-state index contributed by atoms with van der Waals surface area (Å²) in [6.07, 6.45) is -4.41. The van der Waals surface area contributed by atoms with Gasteiger partial charge in [-0.3, -0.25) is 9.59 Å². The number of hydrogen-bond donors (Lipinski definition) is 3. The Morgan fingerprint density at radius 3 is 2.50 bits per heavy atom. The molecule has 3 N–H and O–H groups in total. The maximum absolute atomic E-state index is 15.2. The van der Waals surface area contributed by atoms with E-state index in [2.05, 4.69) is 10.6 Å². The molecule has 14 heteroatoms. The molecule has 1 fully saturated rings. The van der Waals surface area contributed by atoms with E-state index >= 15 is 4.39 Å². The normalized spacial score (nSPS) is 19.0. The maximum atomic E-state index is 15.2. The van der Waals surface area contributed by atoms with Crippen LogP contribution in [-0.4, -0.2) is 57.5 Å². The van der Waals surface area contributed by atoms with Crippen molar-refractivity contribution in [1.29, 1.82) is 0 Å². The Balaban J connectivity index is 1.34. The fourth-order valence-corrected chi connectivity index (χ4v) is 5.89. The van der Waals surface area contributed by atoms with E-state index < -0.39 is 58.9 Å². The van der Waals surface area contributed by atoms with Crippen LogP contribution in [0.25, 0.3) is 5.69 Å². The molecule has 1 aliphatic heterocycles. The molecule has 3 unspecified atom stereocenters. The molecule has 234 valence electrons. The molecule has 1 aromatic heterocycles. The highest BCUT2D eigenvalue weighted by molar-refractivity contribution is 5.98. The lowest BCUT2D eigenvalue weighted by Gasteiger charge is -2.34. The van der Waals surface area contributed by atoms with Crippen LogP contribution in [0.1, 0.15) is 50.8 Å². The fraction of sp³-hybridized carbons (Fsp3) is 0.400. The number of morpholine rings is 1. The SMILES string of the molecule is Cc1cc(C2OCCNC2C(F)(F)F)cc(F)c1C(=O)NC(Cc1ccc(-n2c(=O)c3c(n(C)c2=O)CCC3)cc1)C(=O)O. The summed E-state index contributed by atoms with van der Waals surface area (Å²) in [6, 6.07) is 4.48. The van der Waals surface area contributed by atoms with Crippen LogP contribution in [0.3, 0.4) is 0 Å². The highest BCUT2D eigenvalue weighted by Gasteiger charge is 2.47. The fourth-order valence-electron chi connectivity index (χ4n) is 5.89. The maximum Gasteiger partial charge on any atom is 0.406 e. The van der Waals surface area contributed by atoms with E-state index in [9.17, 15) is 37.5 Å². The van der Waals surface area contributed by atoms with E-state index in [0.717, 1.165) is 22.7 Å². The Morgan fingerprint density at radius 2 is 1.86 bits per heavy atom. The van der Waals surface area contributed by atoms with Crippen molar-refractivity contribution in [3.63, 3.8) is 0 Å². The van der Waals surface area contributed by atoms with Crippen molar-refractivity contribution in [1.82, 2.24) is 19.8 Å². The number of aromatic nitrogens is 2. The lowest BCUT2D eigenvalue weighted by molar-refractivity contribution is -0.197. The number of aryl methyl sites for hydroxylation is 1. The minimum Gasteiger partial charge on any atom is -0.480 e. The minimum absolute atomic E-state index is 0.00228. The van der Waals surface area contributed by atoms with Crippen molar-refractivity contribution in [2.75, 3.05) is 13.2 Å². The average molecular weight is 619 g/mol. The Bertz CT molecular complexity index is 1710. The van der Waals surface area contributed by atoms with Crippen LogP contribution in [0.15, 0.2) is 46.0 Å². The van der Waals surface area contributed by atoms with Crippen LogP contribution >= 0.6 is 0 Å². The van der Waals surface area contributed by atoms with E-state index in [0.29, 0.717) is 29.7 Å². The highest BCUT2D eigenvalue weighted by Crippen LogP contribution is 2.35. The molecule has 2 aliphatic rings. The molecule has 1 amide bonds. The molecular formula is C30H30F4N4O6. The average Bonchev–Trinajstić information content (AvgIpc) is 3.46. The van der Waals surface area contributed by atoms with Gasteiger partial charge in [-0.15, -0.1) is 0 Å². The topological polar surface area (TPSA) is 132 Å². The van der Waals surface area contributed by atoms with Crippen molar-refractivity contribution >= 4 is 11.9 Å². The Labute approximate surface area is 248 Å². The zero-order valence-electron chi connectivity index (χ0n) is 23.8. The molecule has 3 atom stereocenters. The number of ether oxygens (including phenoxy) is 1. The number of hydrogen-bond acceptors (Lipinski definition) is 6. The third kappa shape index (κ3) is 5.91. The number of alkyl halides is 3. The molecule has 0 saturated carbocycles. The second kappa shape index (κ2) is 12.0. The summed E-state index contributed by atoms with van der Waals surface area (Å²) < 4.78 is 63.5. The predicted molar refractivity (Wildman–Crippen MR) is 150 cm³/mol. The van der Waals surface area contributed by atoms with Gasteiger partial charge in [-0.05, 0) is 61.1 Å². The monoisotopic (exact) mass is 618 g/mol. The van der Waals surface area contributed by atoms with E-state index in [1.54, 1.807) is 7.05 Å². The Hall–Kier alpha value is -4.30. The van der Waals surface area contributed by atoms with Gasteiger partial charge >= 0.3 is 17.8 Å². The number of aliphatic carboxylic acids is 1. The second-order valence-electron chi connectivity index (χ2n) is 11.0. The summed E-state index contributed by atoms with van der Waals surface area (Å²) in [5.74, 6) is -3.59. The molecule has 1 aliphatic carbocycles. The summed E-state index contributed by atoms with van der Waals surface area (Å²) in [6.45, 7) is 1.27. The number of carbonyl (C=O) groups is 2. The van der Waals surface area contributed by atoms with Crippen molar-refractivity contribution < 1.29 is 37.0 Å². The Morgan fingerprint density at radius 1 is 1.16 bits per heavy atom. The van der Waals surface area contributed by atoms with Gasteiger partial charge in [0.15, 0.2) is 0 Å². The zero-order valence-corrected chi connectivity index (χ0v) is 23.8. The number of carboxylic acids is 1. The number of nitrogens with zero attached hydrogens (tertiary/aromatic N) is 2. The molecule has 44 heavy (non-hydrogen) atoms. The molecule has 2 aromatic carbocycles. The first-order chi connectivity index (χ1) is 20.8. The number of carboxylic acid groups (broad SMARTS) is 1. The number of amides is 1. The summed E-state index contributed by atoms with van der Waals surface area (Å²) >= 11 is 0. The zero-order chi connectivity index (χ0) is 31.9. The van der Waals surface area contributed by atoms with Gasteiger partial charge in [-0.25, -0.2) is 18.5 Å². The lowest BCUT2D eigenvalue weighted by atomic mass is 9.95. The van der Waals surface area contributed by atoms with Gasteiger partial charge in [0.2, 0.25) is 0 Å². The minimum atomic E-state index is -4.66. The predicted octanol–water partition coefficient (Wildman–Crippen LogP) is 2.49. The van der Waals surface area contributed by atoms with Gasteiger partial charge < -0.3 is 25.0 Å². The van der Waals surface area contributed by atoms with Crippen LogP contribution in [0.4, 0.5) is 17.6 Å². The summed E-state index contributed by atoms with van der Waals surface area (Å²) in [4.78, 5) is 51.0. The number of nitrogens with one attached hydrogen (secondary N) is 2. The van der Waals surface area contributed by atoms with Crippen LogP contribution in [0.5, 0.6) is 0 Å². The summed E-state index contributed by atoms with van der Waals surface area (Å²) in [5, 5.41) is 14.4. The van der Waals surface area contributed by atoms with Crippen LogP contribution in [0, 0.1) is 12.7 Å². The van der Waals surface area contributed by atoms with Crippen molar-refractivity contribution in [3.8, 4) is 5.69 Å². The van der Waals surface area contributed by atoms with E-state index in [1.165, 1.54) is 41.8 Å². The molecule has 10 nitrogen and oxygen atoms in total. The summed E-state index contributed by atoms with van der Waals surface area (Å²) in [5.41, 5.74) is 0.543. The number of halogens is 4. The molecule has 1 saturated heterocycles. The van der Waals surface area contributed by atoms with Gasteiger partial charge in [-0.2, -0.15) is 13.2 Å². The van der Waals surface area contributed by atoms with Crippen LogP contribution in [-0.2, 0) is 35.8 Å². The number of fused-ring (bicyclic) bond motifs is 1. The molecule has 0 bridgehead atoms. The standard InChI is InChI=1S/C30H30F4N4O6/c1-15-12-17(24-25(30(32,33)34)35-10-11-44-24)14-20(31)23(15)26(39)36-21(28(41)42)13-16-6-8-18(9-7-16)38-27(40)19-4-3-5-22(19)37(2)29(38)43/h6-9,12,14,21,24-25,35H,3-5,10-11,13H2,1-2H3,(H,36,39)(H,41,42). The van der Waals surface area contributed by atoms with Gasteiger partial charge in [0.1, 0.15) is 24.0 Å². The number of rotatable bonds is 7. The molecule has 3 aromatic rings. The number of benzene rings is 2. The van der Waals surface area contributed by atoms with Crippen LogP contribution in [0.2, 0.25) is 0 Å². The highest BCUT2D eigenvalue weighted by atomic mass is 19.4. The first kappa shape index (κ1) is 31.1. The molecule has 2 heterocycles. The van der Waals surface area contributed by atoms with Crippen LogP contribution < -0.4 is 21.9 Å². The number of carbonyl (C=O) groups excluding carboxylic acids is 1. The van der Waals surface area contributed by atoms with Crippen molar-refractivity contribution in [3.05, 3.63) is 96.6 Å². The Kier molecular flexibility index (Phi) is 8.49. The van der Waals surface area contributed by atoms with Crippen molar-refractivity contribution in [2.24, 2.45) is 7.05 Å². The first-order valence-corrected chi connectivity index (χ1v) is 14.0. The third-order valence-corrected chi connectivity index (χ3v) is 8.06. The van der Waals surface area contributed by atoms with Crippen molar-refractivity contribution in [2.45, 2.75) is 57.0 Å². The smallest absolute Gasteiger partial charge is 0.406 e. The molecule has 5 rings (SSSR count). The summed E-state index contributed by atoms with van der Waals surface area (Å²) in [7, 11) is 1.61. The van der Waals surface area contributed by atoms with Gasteiger partial charge in [0.05, 0.1) is 17.9 Å². The lowest BCUT2D eigenvalue weighted by Crippen LogP contribution is -2.52. The third-order valence-electron chi connectivity index (χ3n) is 8.06. The molecular weight excluding hydrogens is 588 g/mol. The van der Waals surface area contributed by atoms with E-state index in [4.69, 9.17) is 4.74 Å². The second-order valence-corrected chi connectivity index (χ2v) is 11.0.